The topological polar surface area (TPSA) is 44.0 Å². The van der Waals surface area contributed by atoms with Crippen LogP contribution < -0.4 is 10.6 Å². The van der Waals surface area contributed by atoms with Gasteiger partial charge in [0.2, 0.25) is 0 Å². The van der Waals surface area contributed by atoms with Crippen LogP contribution in [0.4, 0.5) is 0 Å². The van der Waals surface area contributed by atoms with E-state index in [2.05, 4.69) is 0 Å². The molecule has 0 aliphatic heterocycles. The van der Waals surface area contributed by atoms with E-state index in [0.29, 0.717) is 6.54 Å². The van der Waals surface area contributed by atoms with Crippen molar-refractivity contribution in [2.24, 2.45) is 0 Å². The summed E-state index contributed by atoms with van der Waals surface area (Å²) in [7, 11) is 0. The molecule has 3 rings (SSSR count). The van der Waals surface area contributed by atoms with Crippen molar-refractivity contribution in [3.8, 4) is 5.69 Å². The first-order valence-electron chi connectivity index (χ1n) is 6.03. The maximum atomic E-state index is 12.2. The Hall–Kier alpha value is -2.14. The number of nitrogens with zero attached hydrogens (tertiary/aromatic N) is 2. The molecule has 1 heterocycles. The molecular formula is C14H12N2O2S. The molecule has 3 aromatic rings. The first-order valence-corrected chi connectivity index (χ1v) is 6.81. The second kappa shape index (κ2) is 4.51. The normalized spacial score (nSPS) is 11.0. The van der Waals surface area contributed by atoms with Gasteiger partial charge in [0.15, 0.2) is 0 Å². The lowest BCUT2D eigenvalue weighted by atomic mass is 10.1. The third kappa shape index (κ3) is 1.82. The average molecular weight is 272 g/mol. The fourth-order valence-corrected chi connectivity index (χ4v) is 3.05. The number of rotatable bonds is 2. The third-order valence-corrected chi connectivity index (χ3v) is 4.01. The van der Waals surface area contributed by atoms with Gasteiger partial charge in [-0.2, -0.15) is 0 Å². The van der Waals surface area contributed by atoms with Crippen molar-refractivity contribution in [2.45, 2.75) is 13.5 Å². The quantitative estimate of drug-likeness (QED) is 0.718. The third-order valence-electron chi connectivity index (χ3n) is 3.10. The van der Waals surface area contributed by atoms with Crippen LogP contribution in [-0.4, -0.2) is 8.52 Å². The maximum Gasteiger partial charge on any atom is 0.345 e. The highest BCUT2D eigenvalue weighted by atomic mass is 32.1. The van der Waals surface area contributed by atoms with Gasteiger partial charge in [0.25, 0.3) is 0 Å². The van der Waals surface area contributed by atoms with E-state index in [1.165, 1.54) is 8.52 Å². The van der Waals surface area contributed by atoms with Crippen LogP contribution in [0.1, 0.15) is 6.92 Å². The summed E-state index contributed by atoms with van der Waals surface area (Å²) in [5.74, 6) is 0. The van der Waals surface area contributed by atoms with Crippen LogP contribution in [0.3, 0.4) is 0 Å². The highest BCUT2D eigenvalue weighted by molar-refractivity contribution is 7.04. The molecule has 0 aliphatic rings. The Balaban J connectivity index is 2.37. The molecule has 5 heteroatoms. The minimum absolute atomic E-state index is 0.222. The molecule has 4 nitrogen and oxygen atoms in total. The second-order valence-electron chi connectivity index (χ2n) is 4.18. The smallest absolute Gasteiger partial charge is 0.255 e. The molecule has 0 bridgehead atoms. The molecule has 0 radical (unpaired) electrons. The second-order valence-corrected chi connectivity index (χ2v) is 5.07. The van der Waals surface area contributed by atoms with Crippen molar-refractivity contribution in [2.75, 3.05) is 0 Å². The number of benzene rings is 2. The molecule has 0 unspecified atom stereocenters. The lowest BCUT2D eigenvalue weighted by Gasteiger charge is -2.04. The monoisotopic (exact) mass is 272 g/mol. The van der Waals surface area contributed by atoms with Gasteiger partial charge in [0.05, 0.1) is 5.69 Å². The van der Waals surface area contributed by atoms with E-state index >= 15 is 0 Å². The van der Waals surface area contributed by atoms with E-state index < -0.39 is 0 Å². The van der Waals surface area contributed by atoms with Gasteiger partial charge in [-0.05, 0) is 18.4 Å². The first-order chi connectivity index (χ1) is 9.22. The molecule has 2 aromatic carbocycles. The fourth-order valence-electron chi connectivity index (χ4n) is 2.16. The molecule has 0 atom stereocenters. The number of aromatic nitrogens is 2. The van der Waals surface area contributed by atoms with Crippen molar-refractivity contribution in [1.29, 1.82) is 0 Å². The van der Waals surface area contributed by atoms with Gasteiger partial charge in [0, 0.05) is 23.5 Å². The number of hydrogen-bond donors (Lipinski definition) is 0. The summed E-state index contributed by atoms with van der Waals surface area (Å²) < 4.78 is 2.71. The molecule has 0 saturated carbocycles. The summed E-state index contributed by atoms with van der Waals surface area (Å²) in [6.07, 6.45) is 0. The summed E-state index contributed by atoms with van der Waals surface area (Å²) in [5, 5.41) is 2.02. The zero-order valence-corrected chi connectivity index (χ0v) is 11.2. The Morgan fingerprint density at radius 2 is 1.79 bits per heavy atom. The zero-order valence-electron chi connectivity index (χ0n) is 10.4. The predicted molar refractivity (Wildman–Crippen MR) is 77.4 cm³/mol. The van der Waals surface area contributed by atoms with Crippen LogP contribution in [0, 0.1) is 0 Å². The largest absolute Gasteiger partial charge is 0.345 e. The van der Waals surface area contributed by atoms with E-state index in [1.807, 2.05) is 42.5 Å². The Morgan fingerprint density at radius 3 is 2.53 bits per heavy atom. The van der Waals surface area contributed by atoms with E-state index in [1.54, 1.807) is 6.92 Å². The molecule has 0 saturated heterocycles. The van der Waals surface area contributed by atoms with Gasteiger partial charge in [-0.3, -0.25) is 4.79 Å². The molecule has 1 aromatic heterocycles. The first kappa shape index (κ1) is 11.9. The van der Waals surface area contributed by atoms with Gasteiger partial charge < -0.3 is 0 Å². The highest BCUT2D eigenvalue weighted by Gasteiger charge is 2.12. The SMILES string of the molecule is CCn1c(=O)sn(-c2cccc3ccccc23)c1=O. The summed E-state index contributed by atoms with van der Waals surface area (Å²) in [4.78, 5) is 23.7. The zero-order chi connectivity index (χ0) is 13.4. The number of hydrogen-bond acceptors (Lipinski definition) is 3. The van der Waals surface area contributed by atoms with Gasteiger partial charge in [-0.25, -0.2) is 13.3 Å². The predicted octanol–water partition coefficient (Wildman–Crippen LogP) is 2.23. The summed E-state index contributed by atoms with van der Waals surface area (Å²) in [6, 6.07) is 13.6. The van der Waals surface area contributed by atoms with Gasteiger partial charge in [-0.1, -0.05) is 36.4 Å². The minimum Gasteiger partial charge on any atom is -0.255 e. The molecule has 0 fully saturated rings. The Labute approximate surface area is 113 Å². The van der Waals surface area contributed by atoms with Crippen molar-refractivity contribution in [3.63, 3.8) is 0 Å². The van der Waals surface area contributed by atoms with E-state index in [4.69, 9.17) is 0 Å². The minimum atomic E-state index is -0.270. The van der Waals surface area contributed by atoms with Gasteiger partial charge in [-0.15, -0.1) is 0 Å². The highest BCUT2D eigenvalue weighted by Crippen LogP contribution is 2.21. The molecule has 0 spiro atoms. The lowest BCUT2D eigenvalue weighted by Crippen LogP contribution is -2.27. The van der Waals surface area contributed by atoms with Crippen LogP contribution in [-0.2, 0) is 6.54 Å². The fraction of sp³-hybridized carbons (Fsp3) is 0.143. The van der Waals surface area contributed by atoms with E-state index in [0.717, 1.165) is 28.0 Å². The summed E-state index contributed by atoms with van der Waals surface area (Å²) >= 11 is 0.945. The lowest BCUT2D eigenvalue weighted by molar-refractivity contribution is 0.695. The molecular weight excluding hydrogens is 260 g/mol. The maximum absolute atomic E-state index is 12.2. The van der Waals surface area contributed by atoms with Crippen LogP contribution in [0.25, 0.3) is 16.5 Å². The van der Waals surface area contributed by atoms with Crippen molar-refractivity contribution in [3.05, 3.63) is 62.6 Å². The molecule has 96 valence electrons. The van der Waals surface area contributed by atoms with Gasteiger partial charge >= 0.3 is 10.6 Å². The van der Waals surface area contributed by atoms with Crippen LogP contribution in [0.2, 0.25) is 0 Å². The Morgan fingerprint density at radius 1 is 1.05 bits per heavy atom. The van der Waals surface area contributed by atoms with Gasteiger partial charge in [0.1, 0.15) is 0 Å². The molecule has 0 N–H and O–H groups in total. The van der Waals surface area contributed by atoms with Crippen LogP contribution in [0.15, 0.2) is 52.1 Å². The average Bonchev–Trinajstić information content (AvgIpc) is 2.72. The van der Waals surface area contributed by atoms with Crippen molar-refractivity contribution in [1.82, 2.24) is 8.52 Å². The van der Waals surface area contributed by atoms with Crippen molar-refractivity contribution >= 4 is 22.3 Å². The standard InChI is InChI=1S/C14H12N2O2S/c1-2-15-13(17)16(19-14(15)18)12-9-5-7-10-6-3-4-8-11(10)12/h3-9H,2H2,1H3. The molecule has 19 heavy (non-hydrogen) atoms. The van der Waals surface area contributed by atoms with E-state index in [-0.39, 0.29) is 10.6 Å². The van der Waals surface area contributed by atoms with Crippen LogP contribution >= 0.6 is 11.5 Å². The van der Waals surface area contributed by atoms with Crippen LogP contribution in [0.5, 0.6) is 0 Å². The Bertz CT molecular complexity index is 852. The molecule has 0 aliphatic carbocycles. The molecule has 0 amide bonds. The summed E-state index contributed by atoms with van der Waals surface area (Å²) in [6.45, 7) is 2.19. The Kier molecular flexibility index (Phi) is 2.83. The van der Waals surface area contributed by atoms with E-state index in [9.17, 15) is 9.59 Å². The van der Waals surface area contributed by atoms with Crippen molar-refractivity contribution < 1.29 is 0 Å². The summed E-state index contributed by atoms with van der Waals surface area (Å²) in [5.41, 5.74) is 0.492. The number of fused-ring (bicyclic) bond motifs is 1.